The Labute approximate surface area is 161 Å². The van der Waals surface area contributed by atoms with E-state index in [0.717, 1.165) is 44.0 Å². The van der Waals surface area contributed by atoms with Gasteiger partial charge in [0.1, 0.15) is 0 Å². The zero-order chi connectivity index (χ0) is 19.1. The van der Waals surface area contributed by atoms with E-state index in [1.54, 1.807) is 0 Å². The molecule has 2 aliphatic heterocycles. The van der Waals surface area contributed by atoms with Crippen molar-refractivity contribution in [1.82, 2.24) is 14.7 Å². The summed E-state index contributed by atoms with van der Waals surface area (Å²) in [7, 11) is 0. The minimum absolute atomic E-state index is 0.0549. The summed E-state index contributed by atoms with van der Waals surface area (Å²) in [5.41, 5.74) is 1.76. The first kappa shape index (κ1) is 19.6. The molecule has 0 bridgehead atoms. The Kier molecular flexibility index (Phi) is 7.01. The molecule has 0 saturated carbocycles. The van der Waals surface area contributed by atoms with Gasteiger partial charge in [-0.15, -0.1) is 0 Å². The highest BCUT2D eigenvalue weighted by molar-refractivity contribution is 5.97. The summed E-state index contributed by atoms with van der Waals surface area (Å²) in [6, 6.07) is 9.86. The number of benzene rings is 1. The lowest BCUT2D eigenvalue weighted by Gasteiger charge is -2.35. The van der Waals surface area contributed by atoms with E-state index in [4.69, 9.17) is 4.74 Å². The second-order valence-corrected chi connectivity index (χ2v) is 7.12. The number of rotatable bonds is 5. The van der Waals surface area contributed by atoms with Gasteiger partial charge in [0.05, 0.1) is 13.2 Å². The smallest absolute Gasteiger partial charge is 0.249 e. The Bertz CT molecular complexity index is 661. The fourth-order valence-electron chi connectivity index (χ4n) is 3.51. The average molecular weight is 371 g/mol. The number of piperazine rings is 1. The van der Waals surface area contributed by atoms with E-state index in [1.165, 1.54) is 0 Å². The topological polar surface area (TPSA) is 53.1 Å². The molecule has 0 spiro atoms. The molecule has 0 N–H and O–H groups in total. The second-order valence-electron chi connectivity index (χ2n) is 7.12. The molecule has 2 aliphatic rings. The molecule has 0 unspecified atom stereocenters. The minimum atomic E-state index is 0.0549. The minimum Gasteiger partial charge on any atom is -0.379 e. The zero-order valence-electron chi connectivity index (χ0n) is 16.1. The van der Waals surface area contributed by atoms with Gasteiger partial charge in [0.25, 0.3) is 0 Å². The third-order valence-corrected chi connectivity index (χ3v) is 5.19. The van der Waals surface area contributed by atoms with Crippen molar-refractivity contribution in [2.45, 2.75) is 13.3 Å². The first-order valence-corrected chi connectivity index (χ1v) is 9.74. The summed E-state index contributed by atoms with van der Waals surface area (Å²) in [6.45, 7) is 8.40. The molecule has 6 heteroatoms. The van der Waals surface area contributed by atoms with Gasteiger partial charge in [0, 0.05) is 57.8 Å². The Hall–Kier alpha value is -2.18. The number of hydrogen-bond donors (Lipinski definition) is 0. The van der Waals surface area contributed by atoms with Crippen LogP contribution < -0.4 is 0 Å². The third-order valence-electron chi connectivity index (χ3n) is 5.19. The Morgan fingerprint density at radius 1 is 0.963 bits per heavy atom. The number of amides is 2. The van der Waals surface area contributed by atoms with Crippen molar-refractivity contribution >= 4 is 17.9 Å². The molecular weight excluding hydrogens is 342 g/mol. The molecular formula is C21H29N3O3. The van der Waals surface area contributed by atoms with Crippen LogP contribution in [0.5, 0.6) is 0 Å². The van der Waals surface area contributed by atoms with Gasteiger partial charge in [-0.3, -0.25) is 14.5 Å². The molecule has 2 amide bonds. The molecule has 2 fully saturated rings. The summed E-state index contributed by atoms with van der Waals surface area (Å²) in [6.07, 6.45) is 2.46. The number of hydrogen-bond acceptors (Lipinski definition) is 4. The summed E-state index contributed by atoms with van der Waals surface area (Å²) in [4.78, 5) is 31.1. The number of ether oxygens (including phenoxy) is 1. The molecule has 2 saturated heterocycles. The van der Waals surface area contributed by atoms with Crippen molar-refractivity contribution in [3.05, 3.63) is 41.5 Å². The molecule has 146 valence electrons. The van der Waals surface area contributed by atoms with E-state index in [1.807, 2.05) is 53.1 Å². The van der Waals surface area contributed by atoms with Crippen molar-refractivity contribution < 1.29 is 14.3 Å². The maximum atomic E-state index is 12.6. The molecule has 0 atom stereocenters. The van der Waals surface area contributed by atoms with Crippen molar-refractivity contribution in [2.24, 2.45) is 0 Å². The van der Waals surface area contributed by atoms with Crippen molar-refractivity contribution in [2.75, 3.05) is 59.0 Å². The van der Waals surface area contributed by atoms with Crippen LogP contribution in [0.15, 0.2) is 35.9 Å². The van der Waals surface area contributed by atoms with Gasteiger partial charge in [-0.25, -0.2) is 0 Å². The predicted molar refractivity (Wildman–Crippen MR) is 105 cm³/mol. The fourth-order valence-corrected chi connectivity index (χ4v) is 3.51. The SMILES string of the molecule is C/C(=C\c1ccccc1)C(=O)N1CCN(C(=O)CCN2CCOCC2)CC1. The van der Waals surface area contributed by atoms with Gasteiger partial charge in [-0.05, 0) is 18.6 Å². The molecule has 1 aromatic rings. The van der Waals surface area contributed by atoms with Gasteiger partial charge in [-0.2, -0.15) is 0 Å². The molecule has 1 aromatic carbocycles. The third kappa shape index (κ3) is 5.65. The summed E-state index contributed by atoms with van der Waals surface area (Å²) < 4.78 is 5.33. The quantitative estimate of drug-likeness (QED) is 0.736. The Morgan fingerprint density at radius 3 is 2.26 bits per heavy atom. The predicted octanol–water partition coefficient (Wildman–Crippen LogP) is 1.48. The van der Waals surface area contributed by atoms with Crippen molar-refractivity contribution in [3.63, 3.8) is 0 Å². The van der Waals surface area contributed by atoms with Gasteiger partial charge in [0.15, 0.2) is 0 Å². The lowest BCUT2D eigenvalue weighted by molar-refractivity contribution is -0.138. The first-order chi connectivity index (χ1) is 13.1. The normalized spacial score (nSPS) is 19.2. The summed E-state index contributed by atoms with van der Waals surface area (Å²) in [5, 5.41) is 0. The van der Waals surface area contributed by atoms with Crippen LogP contribution in [-0.2, 0) is 14.3 Å². The van der Waals surface area contributed by atoms with E-state index in [-0.39, 0.29) is 11.8 Å². The van der Waals surface area contributed by atoms with Crippen LogP contribution in [0.4, 0.5) is 0 Å². The molecule has 0 aromatic heterocycles. The summed E-state index contributed by atoms with van der Waals surface area (Å²) in [5.74, 6) is 0.240. The van der Waals surface area contributed by atoms with Crippen LogP contribution in [0.1, 0.15) is 18.9 Å². The van der Waals surface area contributed by atoms with Crippen LogP contribution in [0.2, 0.25) is 0 Å². The highest BCUT2D eigenvalue weighted by Crippen LogP contribution is 2.12. The van der Waals surface area contributed by atoms with E-state index in [0.29, 0.717) is 32.6 Å². The number of carbonyl (C=O) groups excluding carboxylic acids is 2. The monoisotopic (exact) mass is 371 g/mol. The average Bonchev–Trinajstić information content (AvgIpc) is 2.73. The van der Waals surface area contributed by atoms with E-state index in [9.17, 15) is 9.59 Å². The molecule has 0 radical (unpaired) electrons. The van der Waals surface area contributed by atoms with Gasteiger partial charge in [-0.1, -0.05) is 30.3 Å². The van der Waals surface area contributed by atoms with Crippen molar-refractivity contribution in [3.8, 4) is 0 Å². The van der Waals surface area contributed by atoms with E-state index in [2.05, 4.69) is 4.90 Å². The molecule has 0 aliphatic carbocycles. The lowest BCUT2D eigenvalue weighted by Crippen LogP contribution is -2.51. The molecule has 6 nitrogen and oxygen atoms in total. The van der Waals surface area contributed by atoms with E-state index >= 15 is 0 Å². The van der Waals surface area contributed by atoms with Gasteiger partial charge in [0.2, 0.25) is 11.8 Å². The molecule has 2 heterocycles. The fraction of sp³-hybridized carbons (Fsp3) is 0.524. The highest BCUT2D eigenvalue weighted by Gasteiger charge is 2.25. The molecule has 3 rings (SSSR count). The maximum absolute atomic E-state index is 12.6. The number of carbonyl (C=O) groups is 2. The van der Waals surface area contributed by atoms with E-state index < -0.39 is 0 Å². The largest absolute Gasteiger partial charge is 0.379 e. The number of nitrogens with zero attached hydrogens (tertiary/aromatic N) is 3. The van der Waals surface area contributed by atoms with Crippen LogP contribution in [0.25, 0.3) is 6.08 Å². The first-order valence-electron chi connectivity index (χ1n) is 9.74. The highest BCUT2D eigenvalue weighted by atomic mass is 16.5. The van der Waals surface area contributed by atoms with Crippen molar-refractivity contribution in [1.29, 1.82) is 0 Å². The molecule has 27 heavy (non-hydrogen) atoms. The van der Waals surface area contributed by atoms with Crippen LogP contribution >= 0.6 is 0 Å². The zero-order valence-corrected chi connectivity index (χ0v) is 16.1. The standard InChI is InChI=1S/C21H29N3O3/c1-18(17-19-5-3-2-4-6-19)21(26)24-11-9-23(10-12-24)20(25)7-8-22-13-15-27-16-14-22/h2-6,17H,7-16H2,1H3/b18-17+. The van der Waals surface area contributed by atoms with Crippen LogP contribution in [0.3, 0.4) is 0 Å². The van der Waals surface area contributed by atoms with Crippen LogP contribution in [0, 0.1) is 0 Å². The van der Waals surface area contributed by atoms with Gasteiger partial charge < -0.3 is 14.5 Å². The lowest BCUT2D eigenvalue weighted by atomic mass is 10.1. The summed E-state index contributed by atoms with van der Waals surface area (Å²) >= 11 is 0. The van der Waals surface area contributed by atoms with Crippen LogP contribution in [-0.4, -0.2) is 85.5 Å². The Morgan fingerprint density at radius 2 is 1.59 bits per heavy atom. The number of morpholine rings is 1. The maximum Gasteiger partial charge on any atom is 0.249 e. The second kappa shape index (κ2) is 9.67. The van der Waals surface area contributed by atoms with Gasteiger partial charge >= 0.3 is 0 Å². The Balaban J connectivity index is 1.44.